The van der Waals surface area contributed by atoms with Gasteiger partial charge >= 0.3 is 0 Å². The number of carbonyl (C=O) groups excluding carboxylic acids is 2. The highest BCUT2D eigenvalue weighted by Crippen LogP contribution is 2.48. The second-order valence-electron chi connectivity index (χ2n) is 6.23. The minimum atomic E-state index is -2.06. The molecule has 0 spiro atoms. The third-order valence-electron chi connectivity index (χ3n) is 5.16. The summed E-state index contributed by atoms with van der Waals surface area (Å²) in [5, 5.41) is 0. The molecule has 4 rings (SSSR count). The zero-order valence-electron chi connectivity index (χ0n) is 11.3. The van der Waals surface area contributed by atoms with E-state index >= 15 is 0 Å². The summed E-state index contributed by atoms with van der Waals surface area (Å²) in [6, 6.07) is -0.434. The van der Waals surface area contributed by atoms with Crippen LogP contribution in [-0.2, 0) is 0 Å². The van der Waals surface area contributed by atoms with E-state index in [4.69, 9.17) is 0 Å². The van der Waals surface area contributed by atoms with Crippen molar-refractivity contribution in [2.24, 2.45) is 11.8 Å². The molecule has 2 amide bonds. The van der Waals surface area contributed by atoms with E-state index in [2.05, 4.69) is 0 Å². The van der Waals surface area contributed by atoms with Gasteiger partial charge in [0.15, 0.2) is 23.3 Å². The molecule has 3 unspecified atom stereocenters. The molecule has 0 N–H and O–H groups in total. The van der Waals surface area contributed by atoms with Gasteiger partial charge in [-0.3, -0.25) is 14.5 Å². The summed E-state index contributed by atoms with van der Waals surface area (Å²) in [5.41, 5.74) is -1.96. The predicted molar refractivity (Wildman–Crippen MR) is 66.0 cm³/mol. The van der Waals surface area contributed by atoms with Gasteiger partial charge in [-0.15, -0.1) is 0 Å². The maximum atomic E-state index is 13.8. The van der Waals surface area contributed by atoms with E-state index in [1.807, 2.05) is 0 Å². The number of fused-ring (bicyclic) bond motifs is 3. The van der Waals surface area contributed by atoms with Crippen LogP contribution in [0.2, 0.25) is 0 Å². The largest absolute Gasteiger partial charge is 0.271 e. The Hall–Kier alpha value is -1.92. The van der Waals surface area contributed by atoms with Crippen LogP contribution in [0.3, 0.4) is 0 Å². The molecule has 0 aromatic heterocycles. The van der Waals surface area contributed by atoms with Crippen molar-refractivity contribution in [3.8, 4) is 0 Å². The normalized spacial score (nSPS) is 29.6. The van der Waals surface area contributed by atoms with Crippen LogP contribution in [0.5, 0.6) is 0 Å². The lowest BCUT2D eigenvalue weighted by molar-refractivity contribution is 0.0527. The van der Waals surface area contributed by atoms with Gasteiger partial charge in [-0.2, -0.15) is 0 Å². The molecule has 2 bridgehead atoms. The van der Waals surface area contributed by atoms with E-state index in [0.29, 0.717) is 12.3 Å². The van der Waals surface area contributed by atoms with Gasteiger partial charge in [0.05, 0.1) is 11.1 Å². The topological polar surface area (TPSA) is 37.4 Å². The molecule has 2 fully saturated rings. The highest BCUT2D eigenvalue weighted by Gasteiger charge is 2.52. The molecule has 3 nitrogen and oxygen atoms in total. The van der Waals surface area contributed by atoms with E-state index in [-0.39, 0.29) is 5.92 Å². The molecule has 1 heterocycles. The van der Waals surface area contributed by atoms with Crippen LogP contribution < -0.4 is 0 Å². The van der Waals surface area contributed by atoms with Crippen molar-refractivity contribution >= 4 is 11.8 Å². The SMILES string of the molecule is O=C1c2c(F)c(F)c(F)c(F)c2C(=O)N1C1CC2CCC1C2. The van der Waals surface area contributed by atoms with Gasteiger partial charge in [0, 0.05) is 6.04 Å². The molecule has 2 aliphatic carbocycles. The fraction of sp³-hybridized carbons (Fsp3) is 0.467. The van der Waals surface area contributed by atoms with E-state index < -0.39 is 52.3 Å². The van der Waals surface area contributed by atoms with Crippen molar-refractivity contribution in [2.45, 2.75) is 31.7 Å². The summed E-state index contributed by atoms with van der Waals surface area (Å²) < 4.78 is 54.3. The fourth-order valence-electron chi connectivity index (χ4n) is 4.20. The van der Waals surface area contributed by atoms with Crippen molar-refractivity contribution < 1.29 is 27.2 Å². The van der Waals surface area contributed by atoms with Crippen LogP contribution in [-0.4, -0.2) is 22.8 Å². The molecule has 7 heteroatoms. The fourth-order valence-corrected chi connectivity index (χ4v) is 4.20. The molecule has 1 aromatic carbocycles. The van der Waals surface area contributed by atoms with Crippen molar-refractivity contribution in [2.75, 3.05) is 0 Å². The van der Waals surface area contributed by atoms with Crippen LogP contribution in [0.4, 0.5) is 17.6 Å². The van der Waals surface area contributed by atoms with E-state index in [9.17, 15) is 27.2 Å². The lowest BCUT2D eigenvalue weighted by atomic mass is 9.94. The summed E-state index contributed by atoms with van der Waals surface area (Å²) in [4.78, 5) is 25.4. The number of hydrogen-bond acceptors (Lipinski definition) is 2. The van der Waals surface area contributed by atoms with E-state index in [1.165, 1.54) is 0 Å². The Balaban J connectivity index is 1.84. The minimum absolute atomic E-state index is 0.105. The lowest BCUT2D eigenvalue weighted by Crippen LogP contribution is -2.43. The Bertz CT molecular complexity index is 686. The number of imide groups is 1. The summed E-state index contributed by atoms with van der Waals surface area (Å²) in [6.45, 7) is 0. The van der Waals surface area contributed by atoms with Crippen LogP contribution in [0.1, 0.15) is 46.4 Å². The lowest BCUT2D eigenvalue weighted by Gasteiger charge is -2.29. The van der Waals surface area contributed by atoms with Crippen LogP contribution >= 0.6 is 0 Å². The quantitative estimate of drug-likeness (QED) is 0.346. The molecule has 22 heavy (non-hydrogen) atoms. The van der Waals surface area contributed by atoms with Gasteiger partial charge in [-0.05, 0) is 31.1 Å². The molecular weight excluding hydrogens is 302 g/mol. The summed E-state index contributed by atoms with van der Waals surface area (Å²) >= 11 is 0. The van der Waals surface area contributed by atoms with Crippen molar-refractivity contribution in [1.82, 2.24) is 4.90 Å². The van der Waals surface area contributed by atoms with Crippen molar-refractivity contribution in [3.05, 3.63) is 34.4 Å². The average molecular weight is 313 g/mol. The van der Waals surface area contributed by atoms with Gasteiger partial charge in [0.1, 0.15) is 0 Å². The number of nitrogens with zero attached hydrogens (tertiary/aromatic N) is 1. The number of benzene rings is 1. The van der Waals surface area contributed by atoms with Gasteiger partial charge in [0.2, 0.25) is 0 Å². The van der Waals surface area contributed by atoms with Crippen LogP contribution in [0.25, 0.3) is 0 Å². The first-order chi connectivity index (χ1) is 10.4. The molecular formula is C15H11F4NO2. The monoisotopic (exact) mass is 313 g/mol. The Labute approximate surface area is 122 Å². The second kappa shape index (κ2) is 4.30. The van der Waals surface area contributed by atoms with Gasteiger partial charge in [-0.1, -0.05) is 6.42 Å². The van der Waals surface area contributed by atoms with E-state index in [0.717, 1.165) is 24.2 Å². The first-order valence-corrected chi connectivity index (χ1v) is 7.15. The highest BCUT2D eigenvalue weighted by atomic mass is 19.2. The smallest absolute Gasteiger partial charge is 0.265 e. The number of halogens is 4. The van der Waals surface area contributed by atoms with Crippen molar-refractivity contribution in [3.63, 3.8) is 0 Å². The molecule has 1 aromatic rings. The first-order valence-electron chi connectivity index (χ1n) is 7.15. The number of amides is 2. The third-order valence-corrected chi connectivity index (χ3v) is 5.16. The van der Waals surface area contributed by atoms with Gasteiger partial charge in [-0.25, -0.2) is 17.6 Å². The standard InChI is InChI=1S/C15H11F4NO2/c16-10-8-9(11(17)13(19)12(10)18)15(22)20(14(8)21)7-4-5-1-2-6(7)3-5/h5-7H,1-4H2. The highest BCUT2D eigenvalue weighted by molar-refractivity contribution is 6.21. The Morgan fingerprint density at radius 2 is 1.32 bits per heavy atom. The van der Waals surface area contributed by atoms with Gasteiger partial charge in [0.25, 0.3) is 11.8 Å². The van der Waals surface area contributed by atoms with Gasteiger partial charge < -0.3 is 0 Å². The molecule has 116 valence electrons. The molecule has 0 radical (unpaired) electrons. The Kier molecular flexibility index (Phi) is 2.68. The summed E-state index contributed by atoms with van der Waals surface area (Å²) in [5.74, 6) is -9.34. The number of rotatable bonds is 1. The molecule has 2 saturated carbocycles. The Morgan fingerprint density at radius 1 is 0.773 bits per heavy atom. The minimum Gasteiger partial charge on any atom is -0.271 e. The summed E-state index contributed by atoms with van der Waals surface area (Å²) in [6.07, 6.45) is 3.31. The zero-order chi connectivity index (χ0) is 15.8. The number of carbonyl (C=O) groups is 2. The maximum Gasteiger partial charge on any atom is 0.265 e. The number of hydrogen-bond donors (Lipinski definition) is 0. The predicted octanol–water partition coefficient (Wildman–Crippen LogP) is 3.03. The van der Waals surface area contributed by atoms with E-state index in [1.54, 1.807) is 0 Å². The molecule has 1 aliphatic heterocycles. The first kappa shape index (κ1) is 13.7. The average Bonchev–Trinajstić information content (AvgIpc) is 3.16. The van der Waals surface area contributed by atoms with Crippen molar-refractivity contribution in [1.29, 1.82) is 0 Å². The van der Waals surface area contributed by atoms with Crippen LogP contribution in [0, 0.1) is 35.1 Å². The third kappa shape index (κ3) is 1.51. The molecule has 0 saturated heterocycles. The second-order valence-corrected chi connectivity index (χ2v) is 6.23. The van der Waals surface area contributed by atoms with Crippen LogP contribution in [0.15, 0.2) is 0 Å². The molecule has 3 atom stereocenters. The Morgan fingerprint density at radius 3 is 1.73 bits per heavy atom. The zero-order valence-corrected chi connectivity index (χ0v) is 11.3. The summed E-state index contributed by atoms with van der Waals surface area (Å²) in [7, 11) is 0. The molecule has 3 aliphatic rings. The maximum absolute atomic E-state index is 13.8.